The molecule has 14 heavy (non-hydrogen) atoms. The Hall–Kier alpha value is -1.19. The van der Waals surface area contributed by atoms with Crippen LogP contribution in [0.5, 0.6) is 0 Å². The highest BCUT2D eigenvalue weighted by molar-refractivity contribution is 8.03. The first-order valence-electron chi connectivity index (χ1n) is 3.65. The topological polar surface area (TPSA) is 70.0 Å². The minimum absolute atomic E-state index is 0.495. The summed E-state index contributed by atoms with van der Waals surface area (Å²) >= 11 is 1.03. The van der Waals surface area contributed by atoms with Crippen LogP contribution in [0.25, 0.3) is 0 Å². The fourth-order valence-electron chi connectivity index (χ4n) is 0.858. The number of thiocyanates is 1. The molecule has 0 atom stereocenters. The predicted octanol–water partition coefficient (Wildman–Crippen LogP) is 1.63. The summed E-state index contributed by atoms with van der Waals surface area (Å²) in [6.07, 6.45) is 1.09. The molecule has 0 aromatic heterocycles. The van der Waals surface area contributed by atoms with Crippen LogP contribution >= 0.6 is 11.8 Å². The number of nitrogens with zero attached hydrogens (tertiary/aromatic N) is 1. The van der Waals surface area contributed by atoms with Crippen molar-refractivity contribution >= 4 is 27.5 Å². The molecule has 0 aliphatic carbocycles. The predicted molar refractivity (Wildman–Crippen MR) is 56.4 cm³/mol. The first kappa shape index (κ1) is 10.9. The Bertz CT molecular complexity index is 445. The molecule has 0 radical (unpaired) electrons. The zero-order valence-corrected chi connectivity index (χ0v) is 9.02. The lowest BCUT2D eigenvalue weighted by atomic mass is 10.3. The van der Waals surface area contributed by atoms with Crippen molar-refractivity contribution in [1.29, 1.82) is 5.26 Å². The van der Waals surface area contributed by atoms with E-state index in [9.17, 15) is 8.42 Å². The lowest BCUT2D eigenvalue weighted by Gasteiger charge is -2.03. The van der Waals surface area contributed by atoms with E-state index in [-0.39, 0.29) is 0 Å². The van der Waals surface area contributed by atoms with Crippen molar-refractivity contribution in [3.63, 3.8) is 0 Å². The molecule has 0 aliphatic heterocycles. The number of hydrogen-bond donors (Lipinski definition) is 1. The lowest BCUT2D eigenvalue weighted by molar-refractivity contribution is 0.607. The van der Waals surface area contributed by atoms with Crippen LogP contribution in [0.2, 0.25) is 0 Å². The highest BCUT2D eigenvalue weighted by Crippen LogP contribution is 2.19. The largest absolute Gasteiger partial charge is 0.284 e. The summed E-state index contributed by atoms with van der Waals surface area (Å²) in [6, 6.07) is 6.59. The van der Waals surface area contributed by atoms with Crippen LogP contribution in [0.15, 0.2) is 29.2 Å². The lowest BCUT2D eigenvalue weighted by Crippen LogP contribution is -2.09. The molecule has 6 heteroatoms. The molecule has 0 spiro atoms. The van der Waals surface area contributed by atoms with Crippen molar-refractivity contribution in [2.75, 3.05) is 11.0 Å². The van der Waals surface area contributed by atoms with Crippen molar-refractivity contribution in [2.45, 2.75) is 4.90 Å². The van der Waals surface area contributed by atoms with Crippen molar-refractivity contribution in [3.05, 3.63) is 24.3 Å². The van der Waals surface area contributed by atoms with Gasteiger partial charge in [0.15, 0.2) is 0 Å². The van der Waals surface area contributed by atoms with Crippen LogP contribution in [0.1, 0.15) is 0 Å². The Labute approximate surface area is 87.0 Å². The van der Waals surface area contributed by atoms with E-state index in [1.807, 2.05) is 5.40 Å². The van der Waals surface area contributed by atoms with Gasteiger partial charge in [-0.1, -0.05) is 0 Å². The summed E-state index contributed by atoms with van der Waals surface area (Å²) in [4.78, 5) is 0.784. The second-order valence-electron chi connectivity index (χ2n) is 2.59. The number of thioether (sulfide) groups is 1. The Morgan fingerprint density at radius 3 is 2.36 bits per heavy atom. The molecule has 1 aromatic carbocycles. The minimum atomic E-state index is -3.22. The molecule has 0 bridgehead atoms. The average molecular weight is 228 g/mol. The van der Waals surface area contributed by atoms with Gasteiger partial charge in [0, 0.05) is 10.6 Å². The van der Waals surface area contributed by atoms with E-state index in [0.29, 0.717) is 5.69 Å². The first-order chi connectivity index (χ1) is 6.51. The van der Waals surface area contributed by atoms with Gasteiger partial charge < -0.3 is 0 Å². The molecular formula is C8H8N2O2S2. The second-order valence-corrected chi connectivity index (χ2v) is 5.20. The van der Waals surface area contributed by atoms with Crippen molar-refractivity contribution in [2.24, 2.45) is 0 Å². The molecule has 1 rings (SSSR count). The van der Waals surface area contributed by atoms with E-state index in [2.05, 4.69) is 4.72 Å². The summed E-state index contributed by atoms with van der Waals surface area (Å²) in [6.45, 7) is 0. The van der Waals surface area contributed by atoms with Gasteiger partial charge in [-0.25, -0.2) is 8.42 Å². The van der Waals surface area contributed by atoms with Crippen molar-refractivity contribution in [3.8, 4) is 5.40 Å². The average Bonchev–Trinajstić information content (AvgIpc) is 2.06. The molecule has 0 saturated heterocycles. The standard InChI is InChI=1S/C8H8N2O2S2/c1-14(11,12)10-7-2-4-8(5-3-7)13-6-9/h2-5,10H,1H3. The maximum atomic E-state index is 10.8. The molecule has 1 aromatic rings. The van der Waals surface area contributed by atoms with Crippen LogP contribution in [0, 0.1) is 10.7 Å². The van der Waals surface area contributed by atoms with E-state index in [1.165, 1.54) is 0 Å². The second kappa shape index (κ2) is 4.35. The number of nitrogens with one attached hydrogen (secondary N) is 1. The van der Waals surface area contributed by atoms with Gasteiger partial charge in [0.05, 0.1) is 6.26 Å². The van der Waals surface area contributed by atoms with Gasteiger partial charge in [-0.2, -0.15) is 5.26 Å². The van der Waals surface area contributed by atoms with Crippen LogP contribution in [-0.2, 0) is 10.0 Å². The molecule has 0 aliphatic rings. The van der Waals surface area contributed by atoms with Gasteiger partial charge in [-0.05, 0) is 36.0 Å². The number of rotatable bonds is 3. The van der Waals surface area contributed by atoms with E-state index < -0.39 is 10.0 Å². The Morgan fingerprint density at radius 1 is 1.36 bits per heavy atom. The Balaban J connectivity index is 2.80. The summed E-state index contributed by atoms with van der Waals surface area (Å²) in [5, 5.41) is 10.3. The van der Waals surface area contributed by atoms with Crippen LogP contribution < -0.4 is 4.72 Å². The summed E-state index contributed by atoms with van der Waals surface area (Å²) in [5.41, 5.74) is 0.495. The highest BCUT2D eigenvalue weighted by atomic mass is 32.2. The number of hydrogen-bond acceptors (Lipinski definition) is 4. The molecule has 0 unspecified atom stereocenters. The highest BCUT2D eigenvalue weighted by Gasteiger charge is 2.01. The van der Waals surface area contributed by atoms with E-state index in [1.54, 1.807) is 24.3 Å². The quantitative estimate of drug-likeness (QED) is 0.630. The normalized spacial score (nSPS) is 10.6. The molecule has 1 N–H and O–H groups in total. The first-order valence-corrected chi connectivity index (χ1v) is 6.36. The van der Waals surface area contributed by atoms with Gasteiger partial charge in [-0.3, -0.25) is 4.72 Å². The maximum Gasteiger partial charge on any atom is 0.229 e. The Kier molecular flexibility index (Phi) is 3.38. The maximum absolute atomic E-state index is 10.8. The SMILES string of the molecule is CS(=O)(=O)Nc1ccc(SC#N)cc1. The molecule has 0 heterocycles. The summed E-state index contributed by atoms with van der Waals surface area (Å²) < 4.78 is 24.0. The van der Waals surface area contributed by atoms with E-state index in [4.69, 9.17) is 5.26 Å². The third kappa shape index (κ3) is 3.68. The molecular weight excluding hydrogens is 220 g/mol. The van der Waals surface area contributed by atoms with Crippen LogP contribution in [-0.4, -0.2) is 14.7 Å². The third-order valence-electron chi connectivity index (χ3n) is 1.32. The van der Waals surface area contributed by atoms with Crippen molar-refractivity contribution in [1.82, 2.24) is 0 Å². The number of anilines is 1. The zero-order valence-electron chi connectivity index (χ0n) is 7.39. The van der Waals surface area contributed by atoms with Gasteiger partial charge >= 0.3 is 0 Å². The van der Waals surface area contributed by atoms with Gasteiger partial charge in [-0.15, -0.1) is 0 Å². The monoisotopic (exact) mass is 228 g/mol. The summed E-state index contributed by atoms with van der Waals surface area (Å²) in [5.74, 6) is 0. The van der Waals surface area contributed by atoms with E-state index in [0.717, 1.165) is 22.9 Å². The smallest absolute Gasteiger partial charge is 0.229 e. The number of nitriles is 1. The van der Waals surface area contributed by atoms with Gasteiger partial charge in [0.1, 0.15) is 5.40 Å². The molecule has 0 saturated carbocycles. The Morgan fingerprint density at radius 2 is 1.93 bits per heavy atom. The summed E-state index contributed by atoms with van der Waals surface area (Å²) in [7, 11) is -3.22. The molecule has 0 amide bonds. The number of benzene rings is 1. The number of sulfonamides is 1. The molecule has 74 valence electrons. The molecule has 0 fully saturated rings. The fourth-order valence-corrected chi connectivity index (χ4v) is 1.80. The van der Waals surface area contributed by atoms with E-state index >= 15 is 0 Å². The van der Waals surface area contributed by atoms with Gasteiger partial charge in [0.2, 0.25) is 10.0 Å². The van der Waals surface area contributed by atoms with Gasteiger partial charge in [0.25, 0.3) is 0 Å². The van der Waals surface area contributed by atoms with Crippen LogP contribution in [0.3, 0.4) is 0 Å². The third-order valence-corrected chi connectivity index (χ3v) is 2.53. The fraction of sp³-hybridized carbons (Fsp3) is 0.125. The van der Waals surface area contributed by atoms with Crippen LogP contribution in [0.4, 0.5) is 5.69 Å². The minimum Gasteiger partial charge on any atom is -0.284 e. The molecule has 4 nitrogen and oxygen atoms in total. The zero-order chi connectivity index (χ0) is 10.6. The van der Waals surface area contributed by atoms with Crippen molar-refractivity contribution < 1.29 is 8.42 Å².